The summed E-state index contributed by atoms with van der Waals surface area (Å²) in [5.74, 6) is 1.57. The lowest BCUT2D eigenvalue weighted by molar-refractivity contribution is -0.113. The fourth-order valence-corrected chi connectivity index (χ4v) is 4.39. The summed E-state index contributed by atoms with van der Waals surface area (Å²) in [5.41, 5.74) is 2.09. The molecule has 0 atom stereocenters. The first kappa shape index (κ1) is 21.8. The number of hydrogen-bond donors (Lipinski definition) is 1. The molecule has 2 heterocycles. The molecule has 0 spiro atoms. The minimum Gasteiger partial charge on any atom is -0.493 e. The summed E-state index contributed by atoms with van der Waals surface area (Å²) in [6.45, 7) is 0.391. The maximum Gasteiger partial charge on any atom is 0.271 e. The highest BCUT2D eigenvalue weighted by molar-refractivity contribution is 8.19. The van der Waals surface area contributed by atoms with Crippen molar-refractivity contribution >= 4 is 34.6 Å². The van der Waals surface area contributed by atoms with Crippen LogP contribution in [0.15, 0.2) is 65.6 Å². The summed E-state index contributed by atoms with van der Waals surface area (Å²) >= 11 is 1.08. The number of rotatable bonds is 6. The van der Waals surface area contributed by atoms with E-state index in [2.05, 4.69) is 0 Å². The minimum absolute atomic E-state index is 0.0985. The molecule has 5 rings (SSSR count). The highest BCUT2D eigenvalue weighted by atomic mass is 32.2. The van der Waals surface area contributed by atoms with Crippen molar-refractivity contribution in [2.75, 3.05) is 18.8 Å². The normalized spacial score (nSPS) is 15.8. The molecule has 0 aromatic heterocycles. The van der Waals surface area contributed by atoms with Gasteiger partial charge in [0.05, 0.1) is 17.7 Å². The summed E-state index contributed by atoms with van der Waals surface area (Å²) in [6, 6.07) is 16.5. The summed E-state index contributed by atoms with van der Waals surface area (Å²) in [4.78, 5) is 14.8. The Kier molecular flexibility index (Phi) is 5.85. The van der Waals surface area contributed by atoms with Gasteiger partial charge in [0.25, 0.3) is 5.91 Å². The van der Waals surface area contributed by atoms with Crippen LogP contribution in [0, 0.1) is 11.2 Å². The molecule has 1 saturated heterocycles. The number of thioether (sulfide) groups is 1. The van der Waals surface area contributed by atoms with Crippen LogP contribution in [0.2, 0.25) is 0 Å². The van der Waals surface area contributed by atoms with Gasteiger partial charge in [-0.05, 0) is 65.4 Å². The quantitative estimate of drug-likeness (QED) is 0.491. The number of amidine groups is 1. The molecule has 0 bridgehead atoms. The third kappa shape index (κ3) is 4.29. The number of benzene rings is 3. The molecule has 172 valence electrons. The summed E-state index contributed by atoms with van der Waals surface area (Å²) in [7, 11) is 1.53. The molecule has 34 heavy (non-hydrogen) atoms. The van der Waals surface area contributed by atoms with Crippen molar-refractivity contribution in [3.63, 3.8) is 0 Å². The number of fused-ring (bicyclic) bond motifs is 1. The first-order chi connectivity index (χ1) is 16.5. The van der Waals surface area contributed by atoms with E-state index >= 15 is 0 Å². The van der Waals surface area contributed by atoms with Gasteiger partial charge in [-0.2, -0.15) is 0 Å². The maximum atomic E-state index is 13.1. The van der Waals surface area contributed by atoms with E-state index in [1.807, 2.05) is 0 Å². The van der Waals surface area contributed by atoms with Gasteiger partial charge in [0, 0.05) is 6.07 Å². The van der Waals surface area contributed by atoms with Gasteiger partial charge in [0.1, 0.15) is 12.4 Å². The molecule has 1 amide bonds. The first-order valence-corrected chi connectivity index (χ1v) is 11.1. The van der Waals surface area contributed by atoms with Gasteiger partial charge in [0.15, 0.2) is 28.2 Å². The van der Waals surface area contributed by atoms with Gasteiger partial charge in [-0.1, -0.05) is 18.2 Å². The average Bonchev–Trinajstić information content (AvgIpc) is 3.42. The van der Waals surface area contributed by atoms with E-state index in [-0.39, 0.29) is 30.3 Å². The molecule has 0 aliphatic carbocycles. The number of methoxy groups -OCH3 is 1. The number of hydrogen-bond acceptors (Lipinski definition) is 7. The SMILES string of the molecule is COc1cc(/C=C2\SC(=N)N(c3ccc4c(c3)OCO4)C2=O)ccc1OCc1ccc(F)cc1. The Balaban J connectivity index is 1.34. The largest absolute Gasteiger partial charge is 0.493 e. The van der Waals surface area contributed by atoms with Crippen molar-refractivity contribution in [1.82, 2.24) is 0 Å². The van der Waals surface area contributed by atoms with E-state index in [0.717, 1.165) is 22.9 Å². The molecule has 1 fully saturated rings. The Morgan fingerprint density at radius 3 is 2.65 bits per heavy atom. The number of amides is 1. The van der Waals surface area contributed by atoms with Crippen LogP contribution >= 0.6 is 11.8 Å². The molecule has 0 radical (unpaired) electrons. The Morgan fingerprint density at radius 1 is 1.06 bits per heavy atom. The van der Waals surface area contributed by atoms with Crippen molar-refractivity contribution < 1.29 is 28.1 Å². The average molecular weight is 479 g/mol. The van der Waals surface area contributed by atoms with Crippen LogP contribution in [-0.2, 0) is 11.4 Å². The molecule has 2 aliphatic rings. The Labute approximate surface area is 199 Å². The smallest absolute Gasteiger partial charge is 0.271 e. The summed E-state index contributed by atoms with van der Waals surface area (Å²) < 4.78 is 35.1. The molecule has 9 heteroatoms. The Bertz CT molecular complexity index is 1310. The van der Waals surface area contributed by atoms with Crippen LogP contribution in [0.4, 0.5) is 10.1 Å². The first-order valence-electron chi connectivity index (χ1n) is 10.3. The van der Waals surface area contributed by atoms with Gasteiger partial charge in [0.2, 0.25) is 6.79 Å². The molecule has 3 aromatic rings. The van der Waals surface area contributed by atoms with Crippen LogP contribution in [-0.4, -0.2) is 25.0 Å². The van der Waals surface area contributed by atoms with Crippen molar-refractivity contribution in [1.29, 1.82) is 5.41 Å². The van der Waals surface area contributed by atoms with Gasteiger partial charge in [-0.25, -0.2) is 4.39 Å². The third-order valence-electron chi connectivity index (χ3n) is 5.23. The zero-order chi connectivity index (χ0) is 23.7. The molecule has 3 aromatic carbocycles. The van der Waals surface area contributed by atoms with Gasteiger partial charge in [-0.3, -0.25) is 15.1 Å². The third-order valence-corrected chi connectivity index (χ3v) is 6.12. The van der Waals surface area contributed by atoms with Crippen molar-refractivity contribution in [3.05, 3.63) is 82.5 Å². The predicted octanol–water partition coefficient (Wildman–Crippen LogP) is 5.20. The lowest BCUT2D eigenvalue weighted by Crippen LogP contribution is -2.28. The highest BCUT2D eigenvalue weighted by Crippen LogP contribution is 2.40. The Hall–Kier alpha value is -3.98. The van der Waals surface area contributed by atoms with E-state index in [4.69, 9.17) is 24.4 Å². The second-order valence-electron chi connectivity index (χ2n) is 7.42. The fourth-order valence-electron chi connectivity index (χ4n) is 3.53. The highest BCUT2D eigenvalue weighted by Gasteiger charge is 2.34. The molecule has 7 nitrogen and oxygen atoms in total. The number of carbonyl (C=O) groups excluding carboxylic acids is 1. The topological polar surface area (TPSA) is 81.1 Å². The zero-order valence-corrected chi connectivity index (χ0v) is 18.9. The molecular formula is C25H19FN2O5S. The van der Waals surface area contributed by atoms with Crippen molar-refractivity contribution in [2.45, 2.75) is 6.61 Å². The second kappa shape index (κ2) is 9.11. The molecule has 2 aliphatic heterocycles. The number of nitrogens with one attached hydrogen (secondary N) is 1. The number of anilines is 1. The second-order valence-corrected chi connectivity index (χ2v) is 8.45. The summed E-state index contributed by atoms with van der Waals surface area (Å²) in [5, 5.41) is 8.41. The predicted molar refractivity (Wildman–Crippen MR) is 127 cm³/mol. The molecule has 0 unspecified atom stereocenters. The number of nitrogens with zero attached hydrogens (tertiary/aromatic N) is 1. The standard InChI is InChI=1S/C25H19FN2O5S/c1-30-21-10-16(4-8-19(21)31-13-15-2-5-17(26)6-3-15)11-23-24(29)28(25(27)34-23)18-7-9-20-22(12-18)33-14-32-20/h2-12,27H,13-14H2,1H3/b23-11-,27-25?. The van der Waals surface area contributed by atoms with Crippen LogP contribution in [0.5, 0.6) is 23.0 Å². The number of carbonyl (C=O) groups is 1. The van der Waals surface area contributed by atoms with E-state index in [1.54, 1.807) is 54.6 Å². The lowest BCUT2D eigenvalue weighted by atomic mass is 10.1. The molecular weight excluding hydrogens is 459 g/mol. The van der Waals surface area contributed by atoms with Crippen LogP contribution in [0.3, 0.4) is 0 Å². The minimum atomic E-state index is -0.303. The summed E-state index contributed by atoms with van der Waals surface area (Å²) in [6.07, 6.45) is 1.71. The van der Waals surface area contributed by atoms with Gasteiger partial charge < -0.3 is 18.9 Å². The van der Waals surface area contributed by atoms with Crippen molar-refractivity contribution in [2.24, 2.45) is 0 Å². The van der Waals surface area contributed by atoms with Gasteiger partial charge in [-0.15, -0.1) is 0 Å². The maximum absolute atomic E-state index is 13.1. The van der Waals surface area contributed by atoms with E-state index in [9.17, 15) is 9.18 Å². The van der Waals surface area contributed by atoms with Crippen LogP contribution < -0.4 is 23.8 Å². The Morgan fingerprint density at radius 2 is 1.85 bits per heavy atom. The van der Waals surface area contributed by atoms with E-state index in [1.165, 1.54) is 24.1 Å². The number of ether oxygens (including phenoxy) is 4. The fraction of sp³-hybridized carbons (Fsp3) is 0.120. The van der Waals surface area contributed by atoms with Crippen LogP contribution in [0.1, 0.15) is 11.1 Å². The lowest BCUT2D eigenvalue weighted by Gasteiger charge is -2.14. The van der Waals surface area contributed by atoms with E-state index in [0.29, 0.717) is 33.6 Å². The molecule has 1 N–H and O–H groups in total. The van der Waals surface area contributed by atoms with Crippen molar-refractivity contribution in [3.8, 4) is 23.0 Å². The van der Waals surface area contributed by atoms with Gasteiger partial charge >= 0.3 is 0 Å². The monoisotopic (exact) mass is 478 g/mol. The van der Waals surface area contributed by atoms with Crippen LogP contribution in [0.25, 0.3) is 6.08 Å². The zero-order valence-electron chi connectivity index (χ0n) is 18.0. The number of halogens is 1. The van der Waals surface area contributed by atoms with E-state index < -0.39 is 0 Å². The molecule has 0 saturated carbocycles.